The molecular formula is C13H23NO. The van der Waals surface area contributed by atoms with Gasteiger partial charge in [-0.2, -0.15) is 0 Å². The third-order valence-corrected chi connectivity index (χ3v) is 2.60. The summed E-state index contributed by atoms with van der Waals surface area (Å²) in [7, 11) is 0. The van der Waals surface area contributed by atoms with Crippen molar-refractivity contribution in [3.05, 3.63) is 17.9 Å². The van der Waals surface area contributed by atoms with Gasteiger partial charge in [0.2, 0.25) is 0 Å². The number of nitrogens with zero attached hydrogens (tertiary/aromatic N) is 1. The van der Waals surface area contributed by atoms with Crippen molar-refractivity contribution in [3.63, 3.8) is 0 Å². The predicted octanol–water partition coefficient (Wildman–Crippen LogP) is 3.99. The second kappa shape index (κ2) is 6.54. The second-order valence-corrected chi connectivity index (χ2v) is 4.08. The molecule has 15 heavy (non-hydrogen) atoms. The maximum absolute atomic E-state index is 5.67. The van der Waals surface area contributed by atoms with E-state index in [0.29, 0.717) is 0 Å². The number of unbranched alkanes of at least 4 members (excludes halogenated alkanes) is 2. The number of aryl methyl sites for hydroxylation is 1. The Balaban J connectivity index is 2.54. The molecule has 1 aromatic rings. The summed E-state index contributed by atoms with van der Waals surface area (Å²) in [4.78, 5) is 2.36. The van der Waals surface area contributed by atoms with E-state index in [1.54, 1.807) is 0 Å². The van der Waals surface area contributed by atoms with Crippen LogP contribution in [0.15, 0.2) is 16.5 Å². The first kappa shape index (κ1) is 12.2. The van der Waals surface area contributed by atoms with Crippen molar-refractivity contribution in [1.29, 1.82) is 0 Å². The second-order valence-electron chi connectivity index (χ2n) is 4.08. The molecule has 0 saturated carbocycles. The molecule has 0 atom stereocenters. The smallest absolute Gasteiger partial charge is 0.195 e. The molecule has 1 heterocycles. The average molecular weight is 209 g/mol. The van der Waals surface area contributed by atoms with Gasteiger partial charge in [0.05, 0.1) is 0 Å². The molecule has 0 unspecified atom stereocenters. The van der Waals surface area contributed by atoms with Gasteiger partial charge in [0.1, 0.15) is 5.76 Å². The summed E-state index contributed by atoms with van der Waals surface area (Å²) in [6.07, 6.45) is 4.96. The van der Waals surface area contributed by atoms with Crippen LogP contribution in [-0.2, 0) is 0 Å². The molecule has 0 aliphatic rings. The zero-order valence-corrected chi connectivity index (χ0v) is 10.3. The van der Waals surface area contributed by atoms with Crippen molar-refractivity contribution < 1.29 is 4.42 Å². The molecule has 0 saturated heterocycles. The molecule has 2 nitrogen and oxygen atoms in total. The van der Waals surface area contributed by atoms with E-state index < -0.39 is 0 Å². The molecule has 86 valence electrons. The van der Waals surface area contributed by atoms with Crippen molar-refractivity contribution in [2.75, 3.05) is 18.0 Å². The largest absolute Gasteiger partial charge is 0.446 e. The lowest BCUT2D eigenvalue weighted by Crippen LogP contribution is -2.25. The Morgan fingerprint density at radius 3 is 2.07 bits per heavy atom. The van der Waals surface area contributed by atoms with Gasteiger partial charge in [0, 0.05) is 19.2 Å². The number of anilines is 1. The van der Waals surface area contributed by atoms with Gasteiger partial charge in [-0.15, -0.1) is 0 Å². The fourth-order valence-corrected chi connectivity index (χ4v) is 1.62. The maximum Gasteiger partial charge on any atom is 0.195 e. The van der Waals surface area contributed by atoms with Gasteiger partial charge in [0.15, 0.2) is 5.88 Å². The SMILES string of the molecule is CCCCN(CCCC)c1ccc(C)o1. The molecule has 0 aliphatic heterocycles. The highest BCUT2D eigenvalue weighted by Crippen LogP contribution is 2.19. The van der Waals surface area contributed by atoms with Crippen LogP contribution in [0.25, 0.3) is 0 Å². The number of hydrogen-bond donors (Lipinski definition) is 0. The standard InChI is InChI=1S/C13H23NO/c1-4-6-10-14(11-7-5-2)13-9-8-12(3)15-13/h8-9H,4-7,10-11H2,1-3H3. The Hall–Kier alpha value is -0.920. The van der Waals surface area contributed by atoms with E-state index in [9.17, 15) is 0 Å². The van der Waals surface area contributed by atoms with Crippen LogP contribution in [0.1, 0.15) is 45.3 Å². The lowest BCUT2D eigenvalue weighted by molar-refractivity contribution is 0.508. The first-order valence-corrected chi connectivity index (χ1v) is 6.09. The highest BCUT2D eigenvalue weighted by Gasteiger charge is 2.08. The van der Waals surface area contributed by atoms with Gasteiger partial charge in [-0.3, -0.25) is 0 Å². The Morgan fingerprint density at radius 1 is 1.07 bits per heavy atom. The minimum absolute atomic E-state index is 1.00. The van der Waals surface area contributed by atoms with E-state index in [1.165, 1.54) is 25.7 Å². The number of rotatable bonds is 7. The Morgan fingerprint density at radius 2 is 1.67 bits per heavy atom. The molecular weight excluding hydrogens is 186 g/mol. The number of hydrogen-bond acceptors (Lipinski definition) is 2. The lowest BCUT2D eigenvalue weighted by Gasteiger charge is -2.21. The third-order valence-electron chi connectivity index (χ3n) is 2.60. The lowest BCUT2D eigenvalue weighted by atomic mass is 10.2. The predicted molar refractivity (Wildman–Crippen MR) is 65.5 cm³/mol. The summed E-state index contributed by atoms with van der Waals surface area (Å²) in [6, 6.07) is 4.13. The van der Waals surface area contributed by atoms with Crippen LogP contribution in [0.5, 0.6) is 0 Å². The van der Waals surface area contributed by atoms with E-state index >= 15 is 0 Å². The van der Waals surface area contributed by atoms with Crippen LogP contribution in [0.4, 0.5) is 5.88 Å². The van der Waals surface area contributed by atoms with Crippen LogP contribution in [0, 0.1) is 6.92 Å². The molecule has 2 heteroatoms. The first-order chi connectivity index (χ1) is 7.27. The zero-order chi connectivity index (χ0) is 11.1. The fraction of sp³-hybridized carbons (Fsp3) is 0.692. The molecule has 0 amide bonds. The minimum Gasteiger partial charge on any atom is -0.446 e. The fourth-order valence-electron chi connectivity index (χ4n) is 1.62. The van der Waals surface area contributed by atoms with E-state index in [0.717, 1.165) is 24.7 Å². The summed E-state index contributed by atoms with van der Waals surface area (Å²) < 4.78 is 5.67. The quantitative estimate of drug-likeness (QED) is 0.675. The summed E-state index contributed by atoms with van der Waals surface area (Å²) in [5.74, 6) is 2.04. The van der Waals surface area contributed by atoms with Crippen LogP contribution in [-0.4, -0.2) is 13.1 Å². The van der Waals surface area contributed by atoms with Gasteiger partial charge < -0.3 is 9.32 Å². The van der Waals surface area contributed by atoms with Crippen molar-refractivity contribution in [2.45, 2.75) is 46.5 Å². The monoisotopic (exact) mass is 209 g/mol. The number of furan rings is 1. The molecule has 0 aliphatic carbocycles. The van der Waals surface area contributed by atoms with Crippen LogP contribution < -0.4 is 4.90 Å². The van der Waals surface area contributed by atoms with E-state index in [2.05, 4.69) is 24.8 Å². The highest BCUT2D eigenvalue weighted by atomic mass is 16.4. The Bertz CT molecular complexity index is 259. The summed E-state index contributed by atoms with van der Waals surface area (Å²) in [5.41, 5.74) is 0. The third kappa shape index (κ3) is 3.98. The Labute approximate surface area is 93.3 Å². The molecule has 1 rings (SSSR count). The topological polar surface area (TPSA) is 16.4 Å². The van der Waals surface area contributed by atoms with Gasteiger partial charge in [0.25, 0.3) is 0 Å². The van der Waals surface area contributed by atoms with E-state index in [-0.39, 0.29) is 0 Å². The van der Waals surface area contributed by atoms with Gasteiger partial charge >= 0.3 is 0 Å². The first-order valence-electron chi connectivity index (χ1n) is 6.09. The zero-order valence-electron chi connectivity index (χ0n) is 10.3. The maximum atomic E-state index is 5.67. The van der Waals surface area contributed by atoms with Crippen molar-refractivity contribution >= 4 is 5.88 Å². The molecule has 0 spiro atoms. The molecule has 0 fully saturated rings. The highest BCUT2D eigenvalue weighted by molar-refractivity contribution is 5.35. The molecule has 0 radical (unpaired) electrons. The summed E-state index contributed by atoms with van der Waals surface area (Å²) >= 11 is 0. The van der Waals surface area contributed by atoms with Gasteiger partial charge in [-0.25, -0.2) is 0 Å². The van der Waals surface area contributed by atoms with Crippen molar-refractivity contribution in [2.24, 2.45) is 0 Å². The summed E-state index contributed by atoms with van der Waals surface area (Å²) in [5, 5.41) is 0. The van der Waals surface area contributed by atoms with E-state index in [1.807, 2.05) is 13.0 Å². The van der Waals surface area contributed by atoms with Crippen LogP contribution >= 0.6 is 0 Å². The molecule has 0 N–H and O–H groups in total. The van der Waals surface area contributed by atoms with Gasteiger partial charge in [-0.1, -0.05) is 26.7 Å². The minimum atomic E-state index is 1.00. The van der Waals surface area contributed by atoms with E-state index in [4.69, 9.17) is 4.42 Å². The average Bonchev–Trinajstić information content (AvgIpc) is 2.65. The Kier molecular flexibility index (Phi) is 5.30. The van der Waals surface area contributed by atoms with Crippen molar-refractivity contribution in [3.8, 4) is 0 Å². The van der Waals surface area contributed by atoms with Crippen LogP contribution in [0.2, 0.25) is 0 Å². The van der Waals surface area contributed by atoms with Gasteiger partial charge in [-0.05, 0) is 25.8 Å². The molecule has 1 aromatic heterocycles. The summed E-state index contributed by atoms with van der Waals surface area (Å²) in [6.45, 7) is 8.69. The molecule has 0 aromatic carbocycles. The van der Waals surface area contributed by atoms with Crippen LogP contribution in [0.3, 0.4) is 0 Å². The van der Waals surface area contributed by atoms with Crippen molar-refractivity contribution in [1.82, 2.24) is 0 Å². The normalized spacial score (nSPS) is 10.6. The molecule has 0 bridgehead atoms.